The Labute approximate surface area is 124 Å². The first-order valence-corrected chi connectivity index (χ1v) is 6.40. The summed E-state index contributed by atoms with van der Waals surface area (Å²) in [5.41, 5.74) is 0.450. The summed E-state index contributed by atoms with van der Waals surface area (Å²) in [7, 11) is -0.118. The average Bonchev–Trinajstić information content (AvgIpc) is 2.91. The largest absolute Gasteiger partial charge is 0.489 e. The molecular weight excluding hydrogens is 293 g/mol. The van der Waals surface area contributed by atoms with Crippen LogP contribution in [0.5, 0.6) is 0 Å². The second-order valence-corrected chi connectivity index (χ2v) is 4.77. The number of aromatic nitrogens is 4. The van der Waals surface area contributed by atoms with E-state index in [4.69, 9.17) is 0 Å². The van der Waals surface area contributed by atoms with Gasteiger partial charge in [-0.3, -0.25) is 4.68 Å². The highest BCUT2D eigenvalue weighted by Crippen LogP contribution is 2.31. The van der Waals surface area contributed by atoms with E-state index in [9.17, 15) is 18.8 Å². The van der Waals surface area contributed by atoms with E-state index in [1.54, 1.807) is 13.2 Å². The van der Waals surface area contributed by atoms with Crippen molar-refractivity contribution in [1.82, 2.24) is 19.7 Å². The predicted octanol–water partition coefficient (Wildman–Crippen LogP) is 0.648. The number of hydrogen-bond acceptors (Lipinski definition) is 5. The van der Waals surface area contributed by atoms with E-state index in [-0.39, 0.29) is 27.8 Å². The highest BCUT2D eigenvalue weighted by molar-refractivity contribution is 6.61. The first-order chi connectivity index (χ1) is 10.5. The summed E-state index contributed by atoms with van der Waals surface area (Å²) in [6.07, 6.45) is 1.59. The minimum Gasteiger partial charge on any atom is -0.423 e. The number of hydrogen-bond donors (Lipinski definition) is 2. The van der Waals surface area contributed by atoms with Gasteiger partial charge in [-0.1, -0.05) is 0 Å². The molecule has 3 heterocycles. The molecule has 6 nitrogen and oxygen atoms in total. The van der Waals surface area contributed by atoms with E-state index in [2.05, 4.69) is 15.1 Å². The van der Waals surface area contributed by atoms with Gasteiger partial charge in [0, 0.05) is 36.0 Å². The molecular formula is C13H11BF2N4O2. The maximum absolute atomic E-state index is 13.4. The maximum Gasteiger partial charge on any atom is 0.489 e. The summed E-state index contributed by atoms with van der Waals surface area (Å²) in [6.45, 7) is 0. The number of alkyl halides is 2. The van der Waals surface area contributed by atoms with E-state index in [1.807, 2.05) is 0 Å². The van der Waals surface area contributed by atoms with Crippen molar-refractivity contribution < 1.29 is 18.8 Å². The van der Waals surface area contributed by atoms with Crippen molar-refractivity contribution in [3.63, 3.8) is 0 Å². The van der Waals surface area contributed by atoms with Crippen LogP contribution in [-0.2, 0) is 7.05 Å². The number of rotatable bonds is 3. The van der Waals surface area contributed by atoms with Gasteiger partial charge in [-0.05, 0) is 17.6 Å². The molecule has 22 heavy (non-hydrogen) atoms. The second-order valence-electron chi connectivity index (χ2n) is 4.77. The third-order valence-electron chi connectivity index (χ3n) is 3.29. The Kier molecular flexibility index (Phi) is 3.59. The number of nitrogens with zero attached hydrogens (tertiary/aromatic N) is 4. The Bertz CT molecular complexity index is 838. The minimum atomic E-state index is -2.77. The van der Waals surface area contributed by atoms with Gasteiger partial charge >= 0.3 is 7.12 Å². The SMILES string of the molecule is Cn1cc(-c2nc3nccc(B(O)O)c3cc2C(F)F)cn1. The first-order valence-electron chi connectivity index (χ1n) is 6.40. The molecule has 0 spiro atoms. The molecule has 0 saturated heterocycles. The molecule has 9 heteroatoms. The molecule has 0 aliphatic rings. The Balaban J connectivity index is 2.31. The lowest BCUT2D eigenvalue weighted by Crippen LogP contribution is -2.30. The molecule has 0 radical (unpaired) electrons. The van der Waals surface area contributed by atoms with E-state index in [1.165, 1.54) is 29.2 Å². The van der Waals surface area contributed by atoms with Crippen molar-refractivity contribution in [3.05, 3.63) is 36.3 Å². The number of aryl methyl sites for hydroxylation is 1. The minimum absolute atomic E-state index is 0.0766. The smallest absolute Gasteiger partial charge is 0.423 e. The van der Waals surface area contributed by atoms with E-state index in [0.717, 1.165) is 0 Å². The molecule has 0 aliphatic carbocycles. The van der Waals surface area contributed by atoms with Gasteiger partial charge in [0.2, 0.25) is 0 Å². The van der Waals surface area contributed by atoms with Gasteiger partial charge in [0.1, 0.15) is 0 Å². The van der Waals surface area contributed by atoms with Crippen LogP contribution in [0.1, 0.15) is 12.0 Å². The average molecular weight is 304 g/mol. The standard InChI is InChI=1S/C13H11BF2N4O2/c1-20-6-7(5-18-20)11-9(12(15)16)4-8-10(14(21)22)2-3-17-13(8)19-11/h2-6,12,21-22H,1H3. The number of pyridine rings is 2. The topological polar surface area (TPSA) is 84.1 Å². The zero-order chi connectivity index (χ0) is 15.9. The Morgan fingerprint density at radius 1 is 1.32 bits per heavy atom. The molecule has 0 fully saturated rings. The second kappa shape index (κ2) is 5.43. The van der Waals surface area contributed by atoms with Crippen LogP contribution in [0.15, 0.2) is 30.7 Å². The first kappa shape index (κ1) is 14.5. The third kappa shape index (κ3) is 2.44. The molecule has 2 N–H and O–H groups in total. The van der Waals surface area contributed by atoms with E-state index < -0.39 is 13.5 Å². The Morgan fingerprint density at radius 3 is 2.68 bits per heavy atom. The summed E-state index contributed by atoms with van der Waals surface area (Å²) < 4.78 is 28.2. The van der Waals surface area contributed by atoms with E-state index >= 15 is 0 Å². The molecule has 0 saturated carbocycles. The van der Waals surface area contributed by atoms with Gasteiger partial charge in [-0.15, -0.1) is 0 Å². The van der Waals surface area contributed by atoms with Crippen molar-refractivity contribution in [2.24, 2.45) is 7.05 Å². The maximum atomic E-state index is 13.4. The monoisotopic (exact) mass is 304 g/mol. The van der Waals surface area contributed by atoms with E-state index in [0.29, 0.717) is 5.56 Å². The lowest BCUT2D eigenvalue weighted by atomic mass is 9.78. The Morgan fingerprint density at radius 2 is 2.09 bits per heavy atom. The van der Waals surface area contributed by atoms with Crippen LogP contribution >= 0.6 is 0 Å². The van der Waals surface area contributed by atoms with Gasteiger partial charge in [0.05, 0.1) is 11.9 Å². The molecule has 3 rings (SSSR count). The lowest BCUT2D eigenvalue weighted by molar-refractivity contribution is 0.152. The van der Waals surface area contributed by atoms with Gasteiger partial charge in [-0.25, -0.2) is 18.7 Å². The van der Waals surface area contributed by atoms with Crippen molar-refractivity contribution in [1.29, 1.82) is 0 Å². The molecule has 0 unspecified atom stereocenters. The molecule has 0 amide bonds. The van der Waals surface area contributed by atoms with Crippen molar-refractivity contribution in [3.8, 4) is 11.3 Å². The molecule has 0 atom stereocenters. The summed E-state index contributed by atoms with van der Waals surface area (Å²) in [5, 5.41) is 22.8. The Hall–Kier alpha value is -2.39. The van der Waals surface area contributed by atoms with Gasteiger partial charge in [0.15, 0.2) is 5.65 Å². The van der Waals surface area contributed by atoms with Gasteiger partial charge in [0.25, 0.3) is 6.43 Å². The van der Waals surface area contributed by atoms with Crippen LogP contribution in [-0.4, -0.2) is 36.9 Å². The summed E-state index contributed by atoms with van der Waals surface area (Å²) in [4.78, 5) is 8.17. The summed E-state index contributed by atoms with van der Waals surface area (Å²) >= 11 is 0. The quantitative estimate of drug-likeness (QED) is 0.694. The zero-order valence-corrected chi connectivity index (χ0v) is 11.5. The normalized spacial score (nSPS) is 11.4. The molecule has 3 aromatic heterocycles. The lowest BCUT2D eigenvalue weighted by Gasteiger charge is -2.10. The molecule has 0 bridgehead atoms. The highest BCUT2D eigenvalue weighted by Gasteiger charge is 2.22. The fraction of sp³-hybridized carbons (Fsp3) is 0.154. The molecule has 0 aromatic carbocycles. The molecule has 112 valence electrons. The van der Waals surface area contributed by atoms with Gasteiger partial charge in [-0.2, -0.15) is 5.10 Å². The van der Waals surface area contributed by atoms with Gasteiger partial charge < -0.3 is 10.0 Å². The van der Waals surface area contributed by atoms with Crippen LogP contribution in [0.4, 0.5) is 8.78 Å². The molecule has 3 aromatic rings. The fourth-order valence-corrected chi connectivity index (χ4v) is 2.27. The van der Waals surface area contributed by atoms with Crippen molar-refractivity contribution in [2.45, 2.75) is 6.43 Å². The summed E-state index contributed by atoms with van der Waals surface area (Å²) in [6, 6.07) is 2.55. The number of halogens is 2. The van der Waals surface area contributed by atoms with Crippen molar-refractivity contribution in [2.75, 3.05) is 0 Å². The van der Waals surface area contributed by atoms with Crippen LogP contribution < -0.4 is 5.46 Å². The van der Waals surface area contributed by atoms with Crippen molar-refractivity contribution >= 4 is 23.6 Å². The van der Waals surface area contributed by atoms with Crippen LogP contribution in [0, 0.1) is 0 Å². The fourth-order valence-electron chi connectivity index (χ4n) is 2.27. The summed E-state index contributed by atoms with van der Waals surface area (Å²) in [5.74, 6) is 0. The van der Waals surface area contributed by atoms with Crippen LogP contribution in [0.25, 0.3) is 22.3 Å². The highest BCUT2D eigenvalue weighted by atomic mass is 19.3. The van der Waals surface area contributed by atoms with Crippen LogP contribution in [0.2, 0.25) is 0 Å². The zero-order valence-electron chi connectivity index (χ0n) is 11.5. The number of fused-ring (bicyclic) bond motifs is 1. The molecule has 0 aliphatic heterocycles. The van der Waals surface area contributed by atoms with Crippen LogP contribution in [0.3, 0.4) is 0 Å². The third-order valence-corrected chi connectivity index (χ3v) is 3.29. The predicted molar refractivity (Wildman–Crippen MR) is 76.5 cm³/mol.